The highest BCUT2D eigenvalue weighted by atomic mass is 16.6. The minimum absolute atomic E-state index is 0.685. The summed E-state index contributed by atoms with van der Waals surface area (Å²) in [7, 11) is 0. The second-order valence-electron chi connectivity index (χ2n) is 4.35. The van der Waals surface area contributed by atoms with E-state index in [1.807, 2.05) is 6.92 Å². The number of nitrogens with one attached hydrogen (secondary N) is 1. The predicted octanol–water partition coefficient (Wildman–Crippen LogP) is 0.952. The fourth-order valence-electron chi connectivity index (χ4n) is 2.31. The molecular weight excluding hydrogens is 204 g/mol. The summed E-state index contributed by atoms with van der Waals surface area (Å²) in [5, 5.41) is 11.0. The quantitative estimate of drug-likeness (QED) is 0.807. The van der Waals surface area contributed by atoms with E-state index in [-0.39, 0.29) is 0 Å². The monoisotopic (exact) mass is 224 g/mol. The molecule has 5 nitrogen and oxygen atoms in total. The fraction of sp³-hybridized carbons (Fsp3) is 0.818. The van der Waals surface area contributed by atoms with E-state index in [9.17, 15) is 0 Å². The van der Waals surface area contributed by atoms with Gasteiger partial charge in [0, 0.05) is 19.1 Å². The SMILES string of the molecule is CCN1CCCC1CNCc1nonc1C. The smallest absolute Gasteiger partial charge is 0.121 e. The highest BCUT2D eigenvalue weighted by molar-refractivity contribution is 5.03. The Morgan fingerprint density at radius 3 is 3.06 bits per heavy atom. The van der Waals surface area contributed by atoms with Crippen LogP contribution >= 0.6 is 0 Å². The molecule has 0 spiro atoms. The normalized spacial score (nSPS) is 21.8. The maximum atomic E-state index is 4.66. The van der Waals surface area contributed by atoms with Crippen molar-refractivity contribution in [3.8, 4) is 0 Å². The van der Waals surface area contributed by atoms with Crippen LogP contribution in [0.5, 0.6) is 0 Å². The Morgan fingerprint density at radius 2 is 2.38 bits per heavy atom. The first-order valence-electron chi connectivity index (χ1n) is 6.04. The maximum Gasteiger partial charge on any atom is 0.121 e. The van der Waals surface area contributed by atoms with Gasteiger partial charge in [-0.15, -0.1) is 0 Å². The first kappa shape index (κ1) is 11.5. The minimum Gasteiger partial charge on any atom is -0.309 e. The third-order valence-corrected chi connectivity index (χ3v) is 3.32. The van der Waals surface area contributed by atoms with E-state index in [0.29, 0.717) is 6.04 Å². The highest BCUT2D eigenvalue weighted by Crippen LogP contribution is 2.15. The Balaban J connectivity index is 1.74. The molecule has 5 heteroatoms. The van der Waals surface area contributed by atoms with Gasteiger partial charge in [0.1, 0.15) is 11.4 Å². The molecule has 2 rings (SSSR count). The van der Waals surface area contributed by atoms with Crippen LogP contribution in [0.4, 0.5) is 0 Å². The van der Waals surface area contributed by atoms with Gasteiger partial charge >= 0.3 is 0 Å². The lowest BCUT2D eigenvalue weighted by Crippen LogP contribution is -2.37. The van der Waals surface area contributed by atoms with Crippen molar-refractivity contribution in [1.29, 1.82) is 0 Å². The number of likely N-dealkylation sites (N-methyl/N-ethyl adjacent to an activating group) is 1. The van der Waals surface area contributed by atoms with E-state index < -0.39 is 0 Å². The van der Waals surface area contributed by atoms with Gasteiger partial charge in [0.05, 0.1) is 0 Å². The van der Waals surface area contributed by atoms with E-state index >= 15 is 0 Å². The predicted molar refractivity (Wildman–Crippen MR) is 61.0 cm³/mol. The Hall–Kier alpha value is -0.940. The van der Waals surface area contributed by atoms with Crippen LogP contribution in [0.1, 0.15) is 31.2 Å². The van der Waals surface area contributed by atoms with Gasteiger partial charge in [-0.3, -0.25) is 4.90 Å². The molecule has 1 fully saturated rings. The molecule has 0 bridgehead atoms. The average Bonchev–Trinajstić information content (AvgIpc) is 2.88. The van der Waals surface area contributed by atoms with Crippen LogP contribution in [0.3, 0.4) is 0 Å². The van der Waals surface area contributed by atoms with Gasteiger partial charge in [0.25, 0.3) is 0 Å². The Bertz CT molecular complexity index is 326. The summed E-state index contributed by atoms with van der Waals surface area (Å²) in [6.07, 6.45) is 2.63. The zero-order valence-corrected chi connectivity index (χ0v) is 10.1. The third-order valence-electron chi connectivity index (χ3n) is 3.32. The van der Waals surface area contributed by atoms with E-state index in [2.05, 4.69) is 32.1 Å². The zero-order valence-electron chi connectivity index (χ0n) is 10.1. The molecule has 1 aliphatic rings. The van der Waals surface area contributed by atoms with Gasteiger partial charge in [-0.2, -0.15) is 0 Å². The first-order valence-corrected chi connectivity index (χ1v) is 6.04. The summed E-state index contributed by atoms with van der Waals surface area (Å²) in [4.78, 5) is 2.53. The van der Waals surface area contributed by atoms with E-state index in [0.717, 1.165) is 31.0 Å². The molecule has 0 aliphatic carbocycles. The van der Waals surface area contributed by atoms with Gasteiger partial charge in [-0.1, -0.05) is 17.2 Å². The van der Waals surface area contributed by atoms with Gasteiger partial charge in [0.2, 0.25) is 0 Å². The molecule has 1 N–H and O–H groups in total. The van der Waals surface area contributed by atoms with Crippen LogP contribution in [0.2, 0.25) is 0 Å². The largest absolute Gasteiger partial charge is 0.309 e. The number of nitrogens with zero attached hydrogens (tertiary/aromatic N) is 3. The van der Waals surface area contributed by atoms with Crippen molar-refractivity contribution in [2.75, 3.05) is 19.6 Å². The number of likely N-dealkylation sites (tertiary alicyclic amines) is 1. The second kappa shape index (κ2) is 5.41. The summed E-state index contributed by atoms with van der Waals surface area (Å²) in [5.41, 5.74) is 1.80. The van der Waals surface area contributed by atoms with E-state index in [1.165, 1.54) is 19.4 Å². The molecule has 1 atom stereocenters. The van der Waals surface area contributed by atoms with Gasteiger partial charge < -0.3 is 5.32 Å². The van der Waals surface area contributed by atoms with Gasteiger partial charge in [-0.05, 0) is 32.9 Å². The van der Waals surface area contributed by atoms with Crippen molar-refractivity contribution in [3.63, 3.8) is 0 Å². The van der Waals surface area contributed by atoms with Crippen molar-refractivity contribution in [2.24, 2.45) is 0 Å². The number of rotatable bonds is 5. The van der Waals surface area contributed by atoms with Crippen molar-refractivity contribution in [1.82, 2.24) is 20.5 Å². The molecule has 2 heterocycles. The lowest BCUT2D eigenvalue weighted by molar-refractivity contribution is 0.258. The topological polar surface area (TPSA) is 54.2 Å². The minimum atomic E-state index is 0.685. The van der Waals surface area contributed by atoms with Crippen LogP contribution < -0.4 is 5.32 Å². The summed E-state index contributed by atoms with van der Waals surface area (Å²) < 4.78 is 4.66. The number of hydrogen-bond donors (Lipinski definition) is 1. The Morgan fingerprint density at radius 1 is 1.50 bits per heavy atom. The fourth-order valence-corrected chi connectivity index (χ4v) is 2.31. The van der Waals surface area contributed by atoms with Crippen molar-refractivity contribution in [2.45, 2.75) is 39.3 Å². The number of aryl methyl sites for hydroxylation is 1. The summed E-state index contributed by atoms with van der Waals surface area (Å²) in [5.74, 6) is 0. The zero-order chi connectivity index (χ0) is 11.4. The molecule has 0 saturated carbocycles. The van der Waals surface area contributed by atoms with Gasteiger partial charge in [0.15, 0.2) is 0 Å². The number of hydrogen-bond acceptors (Lipinski definition) is 5. The van der Waals surface area contributed by atoms with Crippen LogP contribution in [-0.4, -0.2) is 40.9 Å². The molecule has 1 aromatic rings. The highest BCUT2D eigenvalue weighted by Gasteiger charge is 2.22. The molecule has 0 aromatic carbocycles. The summed E-state index contributed by atoms with van der Waals surface area (Å²) in [6, 6.07) is 0.685. The molecular formula is C11H20N4O. The molecule has 16 heavy (non-hydrogen) atoms. The molecule has 90 valence electrons. The standard InChI is InChI=1S/C11H20N4O/c1-3-15-6-4-5-10(15)7-12-8-11-9(2)13-16-14-11/h10,12H,3-8H2,1-2H3. The summed E-state index contributed by atoms with van der Waals surface area (Å²) in [6.45, 7) is 8.32. The van der Waals surface area contributed by atoms with E-state index in [1.54, 1.807) is 0 Å². The third kappa shape index (κ3) is 2.59. The maximum absolute atomic E-state index is 4.66. The molecule has 0 radical (unpaired) electrons. The lowest BCUT2D eigenvalue weighted by Gasteiger charge is -2.22. The average molecular weight is 224 g/mol. The Kier molecular flexibility index (Phi) is 3.90. The van der Waals surface area contributed by atoms with Crippen LogP contribution in [0, 0.1) is 6.92 Å². The summed E-state index contributed by atoms with van der Waals surface area (Å²) >= 11 is 0. The lowest BCUT2D eigenvalue weighted by atomic mass is 10.2. The molecule has 0 amide bonds. The van der Waals surface area contributed by atoms with Crippen LogP contribution in [0.15, 0.2) is 4.63 Å². The molecule has 1 unspecified atom stereocenters. The van der Waals surface area contributed by atoms with Crippen LogP contribution in [0.25, 0.3) is 0 Å². The van der Waals surface area contributed by atoms with Crippen molar-refractivity contribution in [3.05, 3.63) is 11.4 Å². The van der Waals surface area contributed by atoms with Gasteiger partial charge in [-0.25, -0.2) is 4.63 Å². The van der Waals surface area contributed by atoms with E-state index in [4.69, 9.17) is 0 Å². The molecule has 1 aromatic heterocycles. The first-order chi connectivity index (χ1) is 7.81. The molecule has 1 saturated heterocycles. The number of aromatic nitrogens is 2. The second-order valence-corrected chi connectivity index (χ2v) is 4.35. The molecule has 1 aliphatic heterocycles. The van der Waals surface area contributed by atoms with Crippen LogP contribution in [-0.2, 0) is 6.54 Å². The van der Waals surface area contributed by atoms with Crippen molar-refractivity contribution < 1.29 is 4.63 Å². The van der Waals surface area contributed by atoms with Crippen molar-refractivity contribution >= 4 is 0 Å². The Labute approximate surface area is 96.2 Å².